The first-order valence-electron chi connectivity index (χ1n) is 10.8. The third-order valence-electron chi connectivity index (χ3n) is 5.90. The summed E-state index contributed by atoms with van der Waals surface area (Å²) in [5, 5.41) is 13.8. The first kappa shape index (κ1) is 22.2. The SMILES string of the molecule is Cc1cc(Nc2c(C(=O)N3CC[C@H](O)C3)sc3c2ccc(=O)n3-c2ccc(F)cc2)ccc1F. The number of hydrogen-bond acceptors (Lipinski definition) is 5. The maximum atomic E-state index is 13.8. The number of aromatic nitrogens is 1. The molecular formula is C25H21F2N3O3S. The van der Waals surface area contributed by atoms with Crippen LogP contribution in [0.4, 0.5) is 20.2 Å². The van der Waals surface area contributed by atoms with Crippen molar-refractivity contribution in [1.29, 1.82) is 0 Å². The van der Waals surface area contributed by atoms with Gasteiger partial charge in [0.15, 0.2) is 0 Å². The molecule has 1 fully saturated rings. The van der Waals surface area contributed by atoms with Crippen molar-refractivity contribution in [2.45, 2.75) is 19.4 Å². The van der Waals surface area contributed by atoms with E-state index in [1.165, 1.54) is 41.0 Å². The molecule has 0 radical (unpaired) electrons. The summed E-state index contributed by atoms with van der Waals surface area (Å²) in [5.41, 5.74) is 1.68. The van der Waals surface area contributed by atoms with Gasteiger partial charge >= 0.3 is 0 Å². The highest BCUT2D eigenvalue weighted by atomic mass is 32.1. The molecule has 5 rings (SSSR count). The molecule has 3 heterocycles. The molecule has 2 aromatic heterocycles. The van der Waals surface area contributed by atoms with Crippen LogP contribution < -0.4 is 10.9 Å². The minimum atomic E-state index is -0.577. The first-order chi connectivity index (χ1) is 16.3. The summed E-state index contributed by atoms with van der Waals surface area (Å²) in [6.07, 6.45) is -0.0801. The number of carbonyl (C=O) groups excluding carboxylic acids is 1. The van der Waals surface area contributed by atoms with Crippen molar-refractivity contribution in [3.8, 4) is 5.69 Å². The Hall–Kier alpha value is -3.56. The van der Waals surface area contributed by atoms with E-state index in [-0.39, 0.29) is 23.8 Å². The summed E-state index contributed by atoms with van der Waals surface area (Å²) < 4.78 is 28.8. The number of aliphatic hydroxyl groups excluding tert-OH is 1. The number of rotatable bonds is 4. The number of nitrogens with one attached hydrogen (secondary N) is 1. The predicted octanol–water partition coefficient (Wildman–Crippen LogP) is 4.59. The van der Waals surface area contributed by atoms with Crippen LogP contribution in [0.5, 0.6) is 0 Å². The number of amides is 1. The molecule has 4 aromatic rings. The number of thiophene rings is 1. The van der Waals surface area contributed by atoms with Gasteiger partial charge in [0.1, 0.15) is 21.3 Å². The largest absolute Gasteiger partial charge is 0.391 e. The van der Waals surface area contributed by atoms with Gasteiger partial charge < -0.3 is 15.3 Å². The van der Waals surface area contributed by atoms with E-state index < -0.39 is 11.9 Å². The van der Waals surface area contributed by atoms with E-state index in [4.69, 9.17) is 0 Å². The number of carbonyl (C=O) groups is 1. The van der Waals surface area contributed by atoms with Gasteiger partial charge in [-0.25, -0.2) is 8.78 Å². The number of halogens is 2. The van der Waals surface area contributed by atoms with E-state index in [9.17, 15) is 23.5 Å². The zero-order chi connectivity index (χ0) is 24.0. The van der Waals surface area contributed by atoms with Crippen LogP contribution in [0.3, 0.4) is 0 Å². The van der Waals surface area contributed by atoms with Crippen LogP contribution in [0.1, 0.15) is 21.7 Å². The van der Waals surface area contributed by atoms with Crippen molar-refractivity contribution in [3.63, 3.8) is 0 Å². The number of β-amino-alcohol motifs (C(OH)–C–C–N with tert-alkyl or cyclic N) is 1. The summed E-state index contributed by atoms with van der Waals surface area (Å²) in [6.45, 7) is 2.30. The second kappa shape index (κ2) is 8.66. The predicted molar refractivity (Wildman–Crippen MR) is 128 cm³/mol. The number of benzene rings is 2. The van der Waals surface area contributed by atoms with Crippen LogP contribution in [-0.2, 0) is 0 Å². The number of anilines is 2. The van der Waals surface area contributed by atoms with Crippen molar-refractivity contribution in [3.05, 3.63) is 87.0 Å². The molecule has 9 heteroatoms. The van der Waals surface area contributed by atoms with Gasteiger partial charge in [-0.2, -0.15) is 0 Å². The molecule has 2 aromatic carbocycles. The van der Waals surface area contributed by atoms with Crippen molar-refractivity contribution in [2.24, 2.45) is 0 Å². The van der Waals surface area contributed by atoms with E-state index >= 15 is 0 Å². The monoisotopic (exact) mass is 481 g/mol. The molecule has 0 aliphatic carbocycles. The molecule has 0 spiro atoms. The van der Waals surface area contributed by atoms with Crippen LogP contribution in [0, 0.1) is 18.6 Å². The summed E-state index contributed by atoms with van der Waals surface area (Å²) in [4.78, 5) is 28.8. The number of hydrogen-bond donors (Lipinski definition) is 2. The Balaban J connectivity index is 1.70. The van der Waals surface area contributed by atoms with Crippen LogP contribution in [0.25, 0.3) is 15.9 Å². The molecule has 1 aliphatic heterocycles. The second-order valence-corrected chi connectivity index (χ2v) is 9.29. The van der Waals surface area contributed by atoms with Crippen molar-refractivity contribution < 1.29 is 18.7 Å². The first-order valence-corrected chi connectivity index (χ1v) is 11.6. The van der Waals surface area contributed by atoms with Crippen molar-refractivity contribution in [1.82, 2.24) is 9.47 Å². The molecule has 34 heavy (non-hydrogen) atoms. The molecule has 6 nitrogen and oxygen atoms in total. The lowest BCUT2D eigenvalue weighted by molar-refractivity contribution is 0.0770. The summed E-state index contributed by atoms with van der Waals surface area (Å²) in [5.74, 6) is -1.03. The van der Waals surface area contributed by atoms with Gasteiger partial charge in [0.05, 0.1) is 17.5 Å². The summed E-state index contributed by atoms with van der Waals surface area (Å²) in [6, 6.07) is 13.2. The van der Waals surface area contributed by atoms with E-state index in [1.807, 2.05) is 0 Å². The third-order valence-corrected chi connectivity index (χ3v) is 7.08. The van der Waals surface area contributed by atoms with Gasteiger partial charge in [-0.05, 0) is 67.4 Å². The average molecular weight is 482 g/mol. The van der Waals surface area contributed by atoms with Crippen molar-refractivity contribution in [2.75, 3.05) is 18.4 Å². The van der Waals surface area contributed by atoms with Gasteiger partial charge in [-0.1, -0.05) is 0 Å². The number of aliphatic hydroxyl groups is 1. The van der Waals surface area contributed by atoms with Gasteiger partial charge in [-0.15, -0.1) is 11.3 Å². The fourth-order valence-electron chi connectivity index (χ4n) is 4.13. The smallest absolute Gasteiger partial charge is 0.266 e. The Bertz CT molecular complexity index is 1460. The molecule has 0 bridgehead atoms. The number of pyridine rings is 1. The second-order valence-electron chi connectivity index (χ2n) is 8.29. The fourth-order valence-corrected chi connectivity index (χ4v) is 5.37. The summed E-state index contributed by atoms with van der Waals surface area (Å²) >= 11 is 1.15. The molecule has 1 saturated heterocycles. The number of aryl methyl sites for hydroxylation is 1. The molecule has 1 aliphatic rings. The van der Waals surface area contributed by atoms with Gasteiger partial charge in [0.2, 0.25) is 0 Å². The number of likely N-dealkylation sites (tertiary alicyclic amines) is 1. The molecule has 0 saturated carbocycles. The molecular weight excluding hydrogens is 460 g/mol. The molecule has 1 amide bonds. The normalized spacial score (nSPS) is 15.8. The van der Waals surface area contributed by atoms with Gasteiger partial charge in [0.25, 0.3) is 11.5 Å². The molecule has 174 valence electrons. The Morgan fingerprint density at radius 2 is 1.88 bits per heavy atom. The van der Waals surface area contributed by atoms with Crippen LogP contribution in [-0.4, -0.2) is 39.7 Å². The van der Waals surface area contributed by atoms with E-state index in [0.29, 0.717) is 50.7 Å². The summed E-state index contributed by atoms with van der Waals surface area (Å²) in [7, 11) is 0. The standard InChI is InChI=1S/C25H21F2N3O3S/c1-14-12-16(4-8-20(14)27)28-22-19-7-9-21(32)30(17-5-2-15(26)3-6-17)25(19)34-23(22)24(33)29-11-10-18(31)13-29/h2-9,12,18,28,31H,10-11,13H2,1H3/t18-/m0/s1. The third kappa shape index (κ3) is 3.97. The van der Waals surface area contributed by atoms with Crippen LogP contribution in [0.15, 0.2) is 59.4 Å². The van der Waals surface area contributed by atoms with Crippen LogP contribution >= 0.6 is 11.3 Å². The molecule has 0 unspecified atom stereocenters. The Morgan fingerprint density at radius 1 is 1.12 bits per heavy atom. The fraction of sp³-hybridized carbons (Fsp3) is 0.200. The topological polar surface area (TPSA) is 74.6 Å². The van der Waals surface area contributed by atoms with E-state index in [0.717, 1.165) is 11.3 Å². The highest BCUT2D eigenvalue weighted by Gasteiger charge is 2.30. The number of nitrogens with zero attached hydrogens (tertiary/aromatic N) is 2. The average Bonchev–Trinajstić information content (AvgIpc) is 3.40. The number of fused-ring (bicyclic) bond motifs is 1. The minimum Gasteiger partial charge on any atom is -0.391 e. The highest BCUT2D eigenvalue weighted by molar-refractivity contribution is 7.21. The Labute approximate surface area is 197 Å². The van der Waals surface area contributed by atoms with E-state index in [1.54, 1.807) is 30.0 Å². The lowest BCUT2D eigenvalue weighted by Gasteiger charge is -2.16. The maximum Gasteiger partial charge on any atom is 0.266 e. The Kier molecular flexibility index (Phi) is 5.66. The minimum absolute atomic E-state index is 0.229. The highest BCUT2D eigenvalue weighted by Crippen LogP contribution is 2.39. The quantitative estimate of drug-likeness (QED) is 0.447. The van der Waals surface area contributed by atoms with Gasteiger partial charge in [-0.3, -0.25) is 14.2 Å². The van der Waals surface area contributed by atoms with Gasteiger partial charge in [0, 0.05) is 30.2 Å². The Morgan fingerprint density at radius 3 is 2.56 bits per heavy atom. The van der Waals surface area contributed by atoms with Crippen LogP contribution in [0.2, 0.25) is 0 Å². The van der Waals surface area contributed by atoms with E-state index in [2.05, 4.69) is 5.32 Å². The zero-order valence-corrected chi connectivity index (χ0v) is 19.0. The molecule has 2 N–H and O–H groups in total. The zero-order valence-electron chi connectivity index (χ0n) is 18.2. The maximum absolute atomic E-state index is 13.8. The molecule has 1 atom stereocenters. The lowest BCUT2D eigenvalue weighted by atomic mass is 10.2. The lowest BCUT2D eigenvalue weighted by Crippen LogP contribution is -2.29. The van der Waals surface area contributed by atoms with Crippen molar-refractivity contribution >= 4 is 38.8 Å².